The van der Waals surface area contributed by atoms with E-state index < -0.39 is 0 Å². The van der Waals surface area contributed by atoms with E-state index in [1.165, 1.54) is 22.0 Å². The highest BCUT2D eigenvalue weighted by Crippen LogP contribution is 2.21. The van der Waals surface area contributed by atoms with Crippen molar-refractivity contribution in [2.24, 2.45) is 0 Å². The average Bonchev–Trinajstić information content (AvgIpc) is 2.55. The maximum atomic E-state index is 4.29. The third-order valence-electron chi connectivity index (χ3n) is 2.68. The molecule has 0 radical (unpaired) electrons. The first-order valence-corrected chi connectivity index (χ1v) is 4.67. The fourth-order valence-electron chi connectivity index (χ4n) is 1.65. The van der Waals surface area contributed by atoms with Crippen LogP contribution < -0.4 is 0 Å². The molecule has 1 aromatic heterocycles. The van der Waals surface area contributed by atoms with Crippen LogP contribution in [-0.4, -0.2) is 10.2 Å². The van der Waals surface area contributed by atoms with Gasteiger partial charge in [-0.2, -0.15) is 5.10 Å². The molecule has 2 rings (SSSR count). The van der Waals surface area contributed by atoms with Gasteiger partial charge in [0.15, 0.2) is 0 Å². The molecule has 1 N–H and O–H groups in total. The Bertz CT molecular complexity index is 441. The fourth-order valence-corrected chi connectivity index (χ4v) is 1.65. The highest BCUT2D eigenvalue weighted by Gasteiger charge is 2.06. The number of H-pyrrole nitrogens is 1. The molecular formula is C11H14N2. The number of nitrogens with one attached hydrogen (secondary N) is 1. The van der Waals surface area contributed by atoms with Gasteiger partial charge in [0.2, 0.25) is 0 Å². The molecule has 2 heteroatoms. The van der Waals surface area contributed by atoms with Crippen LogP contribution in [0.2, 0.25) is 0 Å². The summed E-state index contributed by atoms with van der Waals surface area (Å²) in [6.07, 6.45) is 0.989. The Morgan fingerprint density at radius 2 is 2.08 bits per heavy atom. The zero-order valence-corrected chi connectivity index (χ0v) is 8.31. The van der Waals surface area contributed by atoms with Gasteiger partial charge in [-0.1, -0.05) is 19.1 Å². The molecule has 0 atom stereocenters. The Hall–Kier alpha value is -1.31. The van der Waals surface area contributed by atoms with Crippen molar-refractivity contribution in [1.29, 1.82) is 0 Å². The van der Waals surface area contributed by atoms with Crippen molar-refractivity contribution in [2.75, 3.05) is 0 Å². The Morgan fingerprint density at radius 3 is 2.77 bits per heavy atom. The smallest absolute Gasteiger partial charge is 0.0698 e. The maximum Gasteiger partial charge on any atom is 0.0698 e. The standard InChI is InChI=1S/C11H14N2/c1-4-10-9-6-5-7(2)8(3)11(9)13-12-10/h5-6H,4H2,1-3H3,(H,12,13). The molecule has 0 spiro atoms. The first-order valence-electron chi connectivity index (χ1n) is 4.67. The van der Waals surface area contributed by atoms with E-state index in [-0.39, 0.29) is 0 Å². The molecule has 13 heavy (non-hydrogen) atoms. The van der Waals surface area contributed by atoms with Gasteiger partial charge in [0.05, 0.1) is 11.2 Å². The zero-order valence-electron chi connectivity index (χ0n) is 8.31. The van der Waals surface area contributed by atoms with Crippen molar-refractivity contribution in [2.45, 2.75) is 27.2 Å². The summed E-state index contributed by atoms with van der Waals surface area (Å²) < 4.78 is 0. The summed E-state index contributed by atoms with van der Waals surface area (Å²) in [6.45, 7) is 6.39. The van der Waals surface area contributed by atoms with Crippen LogP contribution in [0.25, 0.3) is 10.9 Å². The minimum atomic E-state index is 0.989. The minimum absolute atomic E-state index is 0.989. The Labute approximate surface area is 78.0 Å². The Morgan fingerprint density at radius 1 is 1.31 bits per heavy atom. The first-order chi connectivity index (χ1) is 6.24. The van der Waals surface area contributed by atoms with E-state index in [4.69, 9.17) is 0 Å². The normalized spacial score (nSPS) is 11.0. The fraction of sp³-hybridized carbons (Fsp3) is 0.364. The van der Waals surface area contributed by atoms with Crippen LogP contribution in [-0.2, 0) is 6.42 Å². The van der Waals surface area contributed by atoms with Gasteiger partial charge in [-0.15, -0.1) is 0 Å². The van der Waals surface area contributed by atoms with E-state index >= 15 is 0 Å². The molecule has 0 aliphatic rings. The second-order valence-corrected chi connectivity index (χ2v) is 3.45. The van der Waals surface area contributed by atoms with Crippen molar-refractivity contribution < 1.29 is 0 Å². The second kappa shape index (κ2) is 2.87. The topological polar surface area (TPSA) is 28.7 Å². The van der Waals surface area contributed by atoms with Crippen LogP contribution in [0.15, 0.2) is 12.1 Å². The number of aromatic nitrogens is 2. The largest absolute Gasteiger partial charge is 0.277 e. The lowest BCUT2D eigenvalue weighted by atomic mass is 10.1. The van der Waals surface area contributed by atoms with Crippen molar-refractivity contribution in [3.8, 4) is 0 Å². The predicted octanol–water partition coefficient (Wildman–Crippen LogP) is 2.74. The molecule has 0 fully saturated rings. The number of aryl methyl sites for hydroxylation is 3. The summed E-state index contributed by atoms with van der Waals surface area (Å²) in [7, 11) is 0. The number of fused-ring (bicyclic) bond motifs is 1. The summed E-state index contributed by atoms with van der Waals surface area (Å²) in [4.78, 5) is 0. The molecule has 1 heterocycles. The van der Waals surface area contributed by atoms with Gasteiger partial charge < -0.3 is 0 Å². The van der Waals surface area contributed by atoms with E-state index in [1.807, 2.05) is 0 Å². The van der Waals surface area contributed by atoms with Crippen LogP contribution in [0.5, 0.6) is 0 Å². The molecule has 2 nitrogen and oxygen atoms in total. The maximum absolute atomic E-state index is 4.29. The summed E-state index contributed by atoms with van der Waals surface area (Å²) in [5.41, 5.74) is 4.98. The number of aromatic amines is 1. The average molecular weight is 174 g/mol. The van der Waals surface area contributed by atoms with Gasteiger partial charge in [-0.05, 0) is 31.4 Å². The van der Waals surface area contributed by atoms with Crippen molar-refractivity contribution in [3.05, 3.63) is 29.0 Å². The van der Waals surface area contributed by atoms with E-state index in [1.54, 1.807) is 0 Å². The van der Waals surface area contributed by atoms with E-state index in [2.05, 4.69) is 43.1 Å². The van der Waals surface area contributed by atoms with Gasteiger partial charge in [0, 0.05) is 5.39 Å². The third kappa shape index (κ3) is 1.13. The lowest BCUT2D eigenvalue weighted by Crippen LogP contribution is -1.82. The number of hydrogen-bond acceptors (Lipinski definition) is 1. The summed E-state index contributed by atoms with van der Waals surface area (Å²) in [6, 6.07) is 4.31. The van der Waals surface area contributed by atoms with Gasteiger partial charge >= 0.3 is 0 Å². The molecular weight excluding hydrogens is 160 g/mol. The Balaban J connectivity index is 2.81. The number of hydrogen-bond donors (Lipinski definition) is 1. The molecule has 0 aliphatic carbocycles. The third-order valence-corrected chi connectivity index (χ3v) is 2.68. The minimum Gasteiger partial charge on any atom is -0.277 e. The predicted molar refractivity (Wildman–Crippen MR) is 54.9 cm³/mol. The lowest BCUT2D eigenvalue weighted by molar-refractivity contribution is 0.987. The molecule has 2 aromatic rings. The van der Waals surface area contributed by atoms with E-state index in [9.17, 15) is 0 Å². The quantitative estimate of drug-likeness (QED) is 0.707. The van der Waals surface area contributed by atoms with Crippen molar-refractivity contribution >= 4 is 10.9 Å². The van der Waals surface area contributed by atoms with E-state index in [0.717, 1.165) is 12.1 Å². The SMILES string of the molecule is CCc1n[nH]c2c(C)c(C)ccc12. The van der Waals surface area contributed by atoms with Gasteiger partial charge in [0.1, 0.15) is 0 Å². The monoisotopic (exact) mass is 174 g/mol. The summed E-state index contributed by atoms with van der Waals surface area (Å²) >= 11 is 0. The van der Waals surface area contributed by atoms with Gasteiger partial charge in [-0.25, -0.2) is 0 Å². The highest BCUT2D eigenvalue weighted by atomic mass is 15.1. The van der Waals surface area contributed by atoms with Crippen molar-refractivity contribution in [3.63, 3.8) is 0 Å². The van der Waals surface area contributed by atoms with Crippen molar-refractivity contribution in [1.82, 2.24) is 10.2 Å². The molecule has 0 aliphatic heterocycles. The number of rotatable bonds is 1. The van der Waals surface area contributed by atoms with Gasteiger partial charge in [0.25, 0.3) is 0 Å². The van der Waals surface area contributed by atoms with Crippen LogP contribution in [0.4, 0.5) is 0 Å². The lowest BCUT2D eigenvalue weighted by Gasteiger charge is -2.00. The van der Waals surface area contributed by atoms with Gasteiger partial charge in [-0.3, -0.25) is 5.10 Å². The van der Waals surface area contributed by atoms with E-state index in [0.29, 0.717) is 0 Å². The summed E-state index contributed by atoms with van der Waals surface area (Å²) in [5.74, 6) is 0. The van der Waals surface area contributed by atoms with Crippen LogP contribution in [0.1, 0.15) is 23.7 Å². The highest BCUT2D eigenvalue weighted by molar-refractivity contribution is 5.85. The second-order valence-electron chi connectivity index (χ2n) is 3.45. The summed E-state index contributed by atoms with van der Waals surface area (Å²) in [5, 5.41) is 8.66. The van der Waals surface area contributed by atoms with Crippen LogP contribution in [0.3, 0.4) is 0 Å². The molecule has 0 saturated carbocycles. The van der Waals surface area contributed by atoms with Crippen LogP contribution in [0, 0.1) is 13.8 Å². The zero-order chi connectivity index (χ0) is 9.42. The Kier molecular flexibility index (Phi) is 1.83. The number of benzene rings is 1. The first kappa shape index (κ1) is 8.30. The number of nitrogens with zero attached hydrogens (tertiary/aromatic N) is 1. The molecule has 0 amide bonds. The molecule has 1 aromatic carbocycles. The molecule has 0 bridgehead atoms. The molecule has 68 valence electrons. The molecule has 0 unspecified atom stereocenters. The molecule has 0 saturated heterocycles. The van der Waals surface area contributed by atoms with Crippen LogP contribution >= 0.6 is 0 Å².